The molecule has 0 aliphatic carbocycles. The molecule has 0 bridgehead atoms. The lowest BCUT2D eigenvalue weighted by Gasteiger charge is -2.12. The molecule has 7 heteroatoms. The zero-order valence-electron chi connectivity index (χ0n) is 15.9. The molecule has 0 saturated heterocycles. The highest BCUT2D eigenvalue weighted by Gasteiger charge is 2.13. The number of aryl methyl sites for hydroxylation is 1. The van der Waals surface area contributed by atoms with Gasteiger partial charge in [0.1, 0.15) is 10.8 Å². The van der Waals surface area contributed by atoms with E-state index in [-0.39, 0.29) is 18.2 Å². The van der Waals surface area contributed by atoms with Gasteiger partial charge in [0.05, 0.1) is 24.9 Å². The first-order valence-electron chi connectivity index (χ1n) is 8.71. The smallest absolute Gasteiger partial charge is 0.230 e. The fraction of sp³-hybridized carbons (Fsp3) is 0.190. The Hall–Kier alpha value is -3.19. The molecule has 6 nitrogen and oxygen atoms in total. The SMILES string of the molecule is COc1ccc(NC(C)=O)cc1NC(=O)Cc1csc(-c2cccc(C)c2)n1. The number of hydrogen-bond donors (Lipinski definition) is 2. The van der Waals surface area contributed by atoms with Crippen LogP contribution in [-0.2, 0) is 16.0 Å². The second kappa shape index (κ2) is 8.67. The Kier molecular flexibility index (Phi) is 6.06. The highest BCUT2D eigenvalue weighted by Crippen LogP contribution is 2.28. The van der Waals surface area contributed by atoms with Crippen molar-refractivity contribution in [2.24, 2.45) is 0 Å². The van der Waals surface area contributed by atoms with E-state index in [9.17, 15) is 9.59 Å². The van der Waals surface area contributed by atoms with Crippen molar-refractivity contribution in [1.82, 2.24) is 4.98 Å². The van der Waals surface area contributed by atoms with Gasteiger partial charge in [-0.1, -0.05) is 23.8 Å². The van der Waals surface area contributed by atoms with Gasteiger partial charge in [0.2, 0.25) is 11.8 Å². The summed E-state index contributed by atoms with van der Waals surface area (Å²) < 4.78 is 5.29. The molecule has 2 N–H and O–H groups in total. The van der Waals surface area contributed by atoms with Gasteiger partial charge in [-0.05, 0) is 31.2 Å². The number of nitrogens with one attached hydrogen (secondary N) is 2. The summed E-state index contributed by atoms with van der Waals surface area (Å²) in [4.78, 5) is 28.3. The van der Waals surface area contributed by atoms with Crippen LogP contribution in [0.5, 0.6) is 5.75 Å². The van der Waals surface area contributed by atoms with Crippen molar-refractivity contribution in [3.63, 3.8) is 0 Å². The standard InChI is InChI=1S/C21H21N3O3S/c1-13-5-4-6-15(9-13)21-23-17(12-28-21)11-20(26)24-18-10-16(22-14(2)25)7-8-19(18)27-3/h4-10,12H,11H2,1-3H3,(H,22,25)(H,24,26). The fourth-order valence-electron chi connectivity index (χ4n) is 2.74. The van der Waals surface area contributed by atoms with Crippen LogP contribution in [-0.4, -0.2) is 23.9 Å². The second-order valence-electron chi connectivity index (χ2n) is 6.33. The van der Waals surface area contributed by atoms with Gasteiger partial charge in [0, 0.05) is 23.6 Å². The molecule has 2 amide bonds. The number of carbonyl (C=O) groups is 2. The zero-order valence-corrected chi connectivity index (χ0v) is 16.7. The number of rotatable bonds is 6. The average molecular weight is 395 g/mol. The number of anilines is 2. The zero-order chi connectivity index (χ0) is 20.1. The van der Waals surface area contributed by atoms with Crippen LogP contribution >= 0.6 is 11.3 Å². The summed E-state index contributed by atoms with van der Waals surface area (Å²) in [5.74, 6) is 0.120. The third kappa shape index (κ3) is 4.95. The number of hydrogen-bond acceptors (Lipinski definition) is 5. The molecule has 3 aromatic rings. The molecule has 1 heterocycles. The van der Waals surface area contributed by atoms with E-state index in [1.165, 1.54) is 25.4 Å². The van der Waals surface area contributed by atoms with Crippen molar-refractivity contribution in [3.05, 3.63) is 59.1 Å². The van der Waals surface area contributed by atoms with Crippen LogP contribution in [0, 0.1) is 6.92 Å². The number of ether oxygens (including phenoxy) is 1. The number of thiazole rings is 1. The van der Waals surface area contributed by atoms with Gasteiger partial charge in [0.25, 0.3) is 0 Å². The number of nitrogens with zero attached hydrogens (tertiary/aromatic N) is 1. The number of benzene rings is 2. The van der Waals surface area contributed by atoms with Crippen molar-refractivity contribution < 1.29 is 14.3 Å². The molecule has 0 aliphatic heterocycles. The molecular formula is C21H21N3O3S. The number of aromatic nitrogens is 1. The minimum atomic E-state index is -0.209. The normalized spacial score (nSPS) is 10.4. The molecule has 0 fully saturated rings. The average Bonchev–Trinajstić information content (AvgIpc) is 3.10. The minimum absolute atomic E-state index is 0.149. The maximum absolute atomic E-state index is 12.5. The number of methoxy groups -OCH3 is 1. The van der Waals surface area contributed by atoms with E-state index in [2.05, 4.69) is 21.7 Å². The Morgan fingerprint density at radius 3 is 2.68 bits per heavy atom. The molecule has 3 rings (SSSR count). The Labute approximate surface area is 167 Å². The predicted molar refractivity (Wildman–Crippen MR) is 112 cm³/mol. The lowest BCUT2D eigenvalue weighted by molar-refractivity contribution is -0.116. The summed E-state index contributed by atoms with van der Waals surface area (Å²) in [6, 6.07) is 13.2. The molecule has 0 saturated carbocycles. The third-order valence-electron chi connectivity index (χ3n) is 3.95. The molecule has 1 aromatic heterocycles. The highest BCUT2D eigenvalue weighted by atomic mass is 32.1. The number of amides is 2. The van der Waals surface area contributed by atoms with E-state index in [4.69, 9.17) is 4.74 Å². The van der Waals surface area contributed by atoms with Gasteiger partial charge in [0.15, 0.2) is 0 Å². The van der Waals surface area contributed by atoms with E-state index in [0.29, 0.717) is 22.8 Å². The molecule has 0 spiro atoms. The Morgan fingerprint density at radius 2 is 1.96 bits per heavy atom. The molecular weight excluding hydrogens is 374 g/mol. The monoisotopic (exact) mass is 395 g/mol. The highest BCUT2D eigenvalue weighted by molar-refractivity contribution is 7.13. The van der Waals surface area contributed by atoms with E-state index >= 15 is 0 Å². The Balaban J connectivity index is 1.71. The van der Waals surface area contributed by atoms with Crippen molar-refractivity contribution in [2.75, 3.05) is 17.7 Å². The Bertz CT molecular complexity index is 1010. The molecule has 0 atom stereocenters. The summed E-state index contributed by atoms with van der Waals surface area (Å²) in [6.45, 7) is 3.46. The fourth-order valence-corrected chi connectivity index (χ4v) is 3.56. The summed E-state index contributed by atoms with van der Waals surface area (Å²) in [5.41, 5.74) is 3.99. The minimum Gasteiger partial charge on any atom is -0.495 e. The molecule has 144 valence electrons. The van der Waals surface area contributed by atoms with E-state index in [1.54, 1.807) is 18.2 Å². The first kappa shape index (κ1) is 19.6. The van der Waals surface area contributed by atoms with Crippen molar-refractivity contribution >= 4 is 34.5 Å². The molecule has 0 radical (unpaired) electrons. The van der Waals surface area contributed by atoms with Crippen LogP contribution in [0.1, 0.15) is 18.2 Å². The van der Waals surface area contributed by atoms with Crippen LogP contribution in [0.3, 0.4) is 0 Å². The van der Waals surface area contributed by atoms with Gasteiger partial charge < -0.3 is 15.4 Å². The summed E-state index contributed by atoms with van der Waals surface area (Å²) in [5, 5.41) is 8.30. The first-order valence-corrected chi connectivity index (χ1v) is 9.59. The first-order chi connectivity index (χ1) is 13.4. The van der Waals surface area contributed by atoms with Crippen LogP contribution in [0.15, 0.2) is 47.8 Å². The third-order valence-corrected chi connectivity index (χ3v) is 4.89. The lowest BCUT2D eigenvalue weighted by atomic mass is 10.1. The maximum atomic E-state index is 12.5. The van der Waals surface area contributed by atoms with E-state index < -0.39 is 0 Å². The molecule has 0 unspecified atom stereocenters. The van der Waals surface area contributed by atoms with E-state index in [1.807, 2.05) is 30.5 Å². The van der Waals surface area contributed by atoms with Crippen molar-refractivity contribution in [1.29, 1.82) is 0 Å². The van der Waals surface area contributed by atoms with Crippen LogP contribution in [0.25, 0.3) is 10.6 Å². The van der Waals surface area contributed by atoms with Crippen LogP contribution in [0.4, 0.5) is 11.4 Å². The quantitative estimate of drug-likeness (QED) is 0.653. The lowest BCUT2D eigenvalue weighted by Crippen LogP contribution is -2.15. The number of carbonyl (C=O) groups excluding carboxylic acids is 2. The van der Waals surface area contributed by atoms with E-state index in [0.717, 1.165) is 16.1 Å². The second-order valence-corrected chi connectivity index (χ2v) is 7.19. The maximum Gasteiger partial charge on any atom is 0.230 e. The predicted octanol–water partition coefficient (Wildman–Crippen LogP) is 4.27. The molecule has 2 aromatic carbocycles. The van der Waals surface area contributed by atoms with Crippen molar-refractivity contribution in [3.8, 4) is 16.3 Å². The van der Waals surface area contributed by atoms with Gasteiger partial charge in [-0.25, -0.2) is 4.98 Å². The van der Waals surface area contributed by atoms with Crippen LogP contribution in [0.2, 0.25) is 0 Å². The summed E-state index contributed by atoms with van der Waals surface area (Å²) in [7, 11) is 1.53. The van der Waals surface area contributed by atoms with Gasteiger partial charge >= 0.3 is 0 Å². The van der Waals surface area contributed by atoms with Crippen molar-refractivity contribution in [2.45, 2.75) is 20.3 Å². The van der Waals surface area contributed by atoms with Crippen LogP contribution < -0.4 is 15.4 Å². The largest absolute Gasteiger partial charge is 0.495 e. The summed E-state index contributed by atoms with van der Waals surface area (Å²) in [6.07, 6.45) is 0.149. The van der Waals surface area contributed by atoms with Gasteiger partial charge in [-0.3, -0.25) is 9.59 Å². The molecule has 0 aliphatic rings. The summed E-state index contributed by atoms with van der Waals surface area (Å²) >= 11 is 1.51. The topological polar surface area (TPSA) is 80.3 Å². The molecule has 28 heavy (non-hydrogen) atoms. The van der Waals surface area contributed by atoms with Gasteiger partial charge in [-0.2, -0.15) is 0 Å². The van der Waals surface area contributed by atoms with Gasteiger partial charge in [-0.15, -0.1) is 11.3 Å². The Morgan fingerprint density at radius 1 is 1.14 bits per heavy atom.